The molecular weight excluding hydrogens is 296 g/mol. The first-order valence-electron chi connectivity index (χ1n) is 6.22. The van der Waals surface area contributed by atoms with E-state index in [9.17, 15) is 9.59 Å². The van der Waals surface area contributed by atoms with Crippen molar-refractivity contribution in [2.45, 2.75) is 12.8 Å². The van der Waals surface area contributed by atoms with Crippen LogP contribution < -0.4 is 0 Å². The molecule has 6 heteroatoms. The second-order valence-corrected chi connectivity index (χ2v) is 6.30. The fraction of sp³-hybridized carbons (Fsp3) is 0.571. The number of ether oxygens (including phenoxy) is 1. The maximum atomic E-state index is 10.9. The largest absolute Gasteiger partial charge is 0.469 e. The van der Waals surface area contributed by atoms with Crippen molar-refractivity contribution in [3.63, 3.8) is 0 Å². The first-order chi connectivity index (χ1) is 9.51. The number of hydrogen-bond acceptors (Lipinski definition) is 6. The maximum Gasteiger partial charge on any atom is 0.306 e. The predicted octanol–water partition coefficient (Wildman–Crippen LogP) is 2.08. The van der Waals surface area contributed by atoms with Crippen LogP contribution in [0.5, 0.6) is 0 Å². The predicted molar refractivity (Wildman–Crippen MR) is 86.3 cm³/mol. The van der Waals surface area contributed by atoms with Crippen molar-refractivity contribution in [2.24, 2.45) is 0 Å². The van der Waals surface area contributed by atoms with Crippen molar-refractivity contribution in [1.29, 1.82) is 0 Å². The van der Waals surface area contributed by atoms with Gasteiger partial charge in [0.2, 0.25) is 0 Å². The summed E-state index contributed by atoms with van der Waals surface area (Å²) in [5.74, 6) is 2.52. The van der Waals surface area contributed by atoms with E-state index in [1.807, 2.05) is 0 Å². The summed E-state index contributed by atoms with van der Waals surface area (Å²) < 4.78 is 4.56. The third-order valence-corrected chi connectivity index (χ3v) is 4.52. The molecule has 0 unspecified atom stereocenters. The average Bonchev–Trinajstić information content (AvgIpc) is 2.46. The van der Waals surface area contributed by atoms with Crippen LogP contribution in [0.2, 0.25) is 0 Å². The normalized spacial score (nSPS) is 10.1. The van der Waals surface area contributed by atoms with Gasteiger partial charge in [0.15, 0.2) is 5.78 Å². The first-order valence-corrected chi connectivity index (χ1v) is 8.53. The molecule has 0 aromatic rings. The lowest BCUT2D eigenvalue weighted by atomic mass is 10.2. The van der Waals surface area contributed by atoms with Crippen molar-refractivity contribution >= 4 is 35.3 Å². The minimum Gasteiger partial charge on any atom is -0.469 e. The van der Waals surface area contributed by atoms with E-state index in [1.54, 1.807) is 23.5 Å². The van der Waals surface area contributed by atoms with Crippen LogP contribution in [-0.2, 0) is 14.3 Å². The molecule has 0 saturated carbocycles. The summed E-state index contributed by atoms with van der Waals surface area (Å²) in [7, 11) is 1.38. The summed E-state index contributed by atoms with van der Waals surface area (Å²) in [6.45, 7) is 7.54. The Bertz CT molecular complexity index is 319. The molecule has 0 aromatic heterocycles. The number of rotatable bonds is 12. The highest BCUT2D eigenvalue weighted by Gasteiger charge is 2.05. The quantitative estimate of drug-likeness (QED) is 0.338. The minimum absolute atomic E-state index is 0.139. The Morgan fingerprint density at radius 3 is 2.00 bits per heavy atom. The van der Waals surface area contributed by atoms with Gasteiger partial charge in [-0.15, -0.1) is 0 Å². The van der Waals surface area contributed by atoms with Crippen LogP contribution in [0.4, 0.5) is 0 Å². The summed E-state index contributed by atoms with van der Waals surface area (Å²) in [5.41, 5.74) is 1.91. The monoisotopic (exact) mass is 318 g/mol. The molecule has 0 bridgehead atoms. The van der Waals surface area contributed by atoms with Crippen molar-refractivity contribution < 1.29 is 19.4 Å². The van der Waals surface area contributed by atoms with Crippen LogP contribution in [0.25, 0.3) is 0 Å². The fourth-order valence-corrected chi connectivity index (χ4v) is 2.99. The number of ketones is 1. The van der Waals surface area contributed by atoms with Gasteiger partial charge in [-0.05, 0) is 11.1 Å². The molecule has 0 saturated heterocycles. The Balaban J connectivity index is 3.64. The lowest BCUT2D eigenvalue weighted by molar-refractivity contribution is -0.140. The molecule has 0 aliphatic heterocycles. The third kappa shape index (κ3) is 10.1. The van der Waals surface area contributed by atoms with Crippen LogP contribution >= 0.6 is 23.5 Å². The summed E-state index contributed by atoms with van der Waals surface area (Å²) in [4.78, 5) is 21.8. The van der Waals surface area contributed by atoms with E-state index in [2.05, 4.69) is 17.9 Å². The van der Waals surface area contributed by atoms with E-state index < -0.39 is 0 Å². The highest BCUT2D eigenvalue weighted by atomic mass is 32.2. The minimum atomic E-state index is -0.384. The number of aliphatic hydroxyl groups excluding tert-OH is 1. The topological polar surface area (TPSA) is 63.6 Å². The number of esters is 1. The van der Waals surface area contributed by atoms with Crippen LogP contribution in [-0.4, -0.2) is 53.6 Å². The zero-order valence-corrected chi connectivity index (χ0v) is 13.5. The molecule has 0 fully saturated rings. The number of carbonyl (C=O) groups is 2. The second kappa shape index (κ2) is 12.1. The molecule has 1 N–H and O–H groups in total. The first kappa shape index (κ1) is 19.3. The van der Waals surface area contributed by atoms with E-state index in [0.29, 0.717) is 24.3 Å². The lowest BCUT2D eigenvalue weighted by Gasteiger charge is -2.08. The molecule has 0 amide bonds. The Kier molecular flexibility index (Phi) is 11.6. The SMILES string of the molecule is C=C(CSCCC(=O)CO)C(=C)CSCCC(=O)OC. The van der Waals surface area contributed by atoms with Gasteiger partial charge in [-0.1, -0.05) is 13.2 Å². The molecule has 0 aliphatic carbocycles. The molecule has 114 valence electrons. The Morgan fingerprint density at radius 1 is 1.05 bits per heavy atom. The van der Waals surface area contributed by atoms with Gasteiger partial charge in [-0.25, -0.2) is 0 Å². The molecular formula is C14H22O4S2. The molecule has 0 radical (unpaired) electrons. The van der Waals surface area contributed by atoms with Gasteiger partial charge < -0.3 is 9.84 Å². The van der Waals surface area contributed by atoms with E-state index in [0.717, 1.165) is 22.7 Å². The van der Waals surface area contributed by atoms with Gasteiger partial charge in [0.25, 0.3) is 0 Å². The van der Waals surface area contributed by atoms with Crippen molar-refractivity contribution in [1.82, 2.24) is 0 Å². The fourth-order valence-electron chi connectivity index (χ4n) is 1.12. The highest BCUT2D eigenvalue weighted by molar-refractivity contribution is 7.99. The van der Waals surface area contributed by atoms with Crippen LogP contribution in [0, 0.1) is 0 Å². The molecule has 0 aliphatic rings. The zero-order valence-electron chi connectivity index (χ0n) is 11.9. The number of Topliss-reactive ketones (excluding diaryl/α,β-unsaturated/α-hetero) is 1. The molecule has 0 atom stereocenters. The Morgan fingerprint density at radius 2 is 1.55 bits per heavy atom. The number of methoxy groups -OCH3 is 1. The van der Waals surface area contributed by atoms with Crippen molar-refractivity contribution in [3.8, 4) is 0 Å². The van der Waals surface area contributed by atoms with E-state index >= 15 is 0 Å². The Labute approximate surface area is 129 Å². The molecule has 0 rings (SSSR count). The summed E-state index contributed by atoms with van der Waals surface area (Å²) >= 11 is 3.23. The molecule has 0 heterocycles. The summed E-state index contributed by atoms with van der Waals surface area (Å²) in [6, 6.07) is 0. The van der Waals surface area contributed by atoms with Crippen LogP contribution in [0.1, 0.15) is 12.8 Å². The van der Waals surface area contributed by atoms with E-state index in [4.69, 9.17) is 5.11 Å². The van der Waals surface area contributed by atoms with Gasteiger partial charge in [0, 0.05) is 29.4 Å². The van der Waals surface area contributed by atoms with Gasteiger partial charge >= 0.3 is 5.97 Å². The smallest absolute Gasteiger partial charge is 0.306 e. The average molecular weight is 318 g/mol. The molecule has 0 spiro atoms. The molecule has 0 aromatic carbocycles. The molecule has 4 nitrogen and oxygen atoms in total. The van der Waals surface area contributed by atoms with Gasteiger partial charge in [-0.3, -0.25) is 9.59 Å². The van der Waals surface area contributed by atoms with E-state index in [1.165, 1.54) is 7.11 Å². The Hall–Kier alpha value is -0.720. The van der Waals surface area contributed by atoms with Crippen molar-refractivity contribution in [2.75, 3.05) is 36.7 Å². The summed E-state index contributed by atoms with van der Waals surface area (Å²) in [6.07, 6.45) is 0.785. The van der Waals surface area contributed by atoms with Gasteiger partial charge in [-0.2, -0.15) is 23.5 Å². The van der Waals surface area contributed by atoms with E-state index in [-0.39, 0.29) is 18.4 Å². The molecule has 20 heavy (non-hydrogen) atoms. The maximum absolute atomic E-state index is 10.9. The van der Waals surface area contributed by atoms with Crippen molar-refractivity contribution in [3.05, 3.63) is 24.3 Å². The van der Waals surface area contributed by atoms with Crippen LogP contribution in [0.3, 0.4) is 0 Å². The van der Waals surface area contributed by atoms with Gasteiger partial charge in [0.1, 0.15) is 6.61 Å². The standard InChI is InChI=1S/C14H22O4S2/c1-11(9-19-6-4-13(16)8-15)12(2)10-20-7-5-14(17)18-3/h15H,1-2,4-10H2,3H3. The number of thioether (sulfide) groups is 2. The number of aliphatic hydroxyl groups is 1. The van der Waals surface area contributed by atoms with Crippen LogP contribution in [0.15, 0.2) is 24.3 Å². The third-order valence-electron chi connectivity index (χ3n) is 2.43. The lowest BCUT2D eigenvalue weighted by Crippen LogP contribution is -2.05. The zero-order chi connectivity index (χ0) is 15.4. The highest BCUT2D eigenvalue weighted by Crippen LogP contribution is 2.18. The number of carbonyl (C=O) groups excluding carboxylic acids is 2. The van der Waals surface area contributed by atoms with Gasteiger partial charge in [0.05, 0.1) is 13.5 Å². The second-order valence-electron chi connectivity index (χ2n) is 4.09. The summed E-state index contributed by atoms with van der Waals surface area (Å²) in [5, 5.41) is 8.58. The number of hydrogen-bond donors (Lipinski definition) is 1.